The van der Waals surface area contributed by atoms with Gasteiger partial charge in [-0.25, -0.2) is 4.39 Å². The van der Waals surface area contributed by atoms with Crippen molar-refractivity contribution in [2.75, 3.05) is 26.3 Å². The molecule has 0 aliphatic carbocycles. The van der Waals surface area contributed by atoms with E-state index in [1.807, 2.05) is 11.0 Å². The normalized spacial score (nSPS) is 16.6. The van der Waals surface area contributed by atoms with E-state index in [-0.39, 0.29) is 30.0 Å². The molecule has 29 heavy (non-hydrogen) atoms. The molecule has 0 bridgehead atoms. The molecule has 0 N–H and O–H groups in total. The maximum Gasteiger partial charge on any atom is 0.222 e. The number of rotatable bonds is 9. The van der Waals surface area contributed by atoms with Crippen LogP contribution in [0.1, 0.15) is 41.4 Å². The number of ketones is 1. The summed E-state index contributed by atoms with van der Waals surface area (Å²) in [4.78, 5) is 27.0. The molecule has 1 amide bonds. The Morgan fingerprint density at radius 2 is 2.17 bits per heavy atom. The van der Waals surface area contributed by atoms with Crippen molar-refractivity contribution in [2.24, 2.45) is 0 Å². The number of carbonyl (C=O) groups is 2. The summed E-state index contributed by atoms with van der Waals surface area (Å²) in [7, 11) is 0. The fourth-order valence-electron chi connectivity index (χ4n) is 3.30. The zero-order chi connectivity index (χ0) is 20.6. The number of halogens is 1. The number of carbonyl (C=O) groups excluding carboxylic acids is 2. The van der Waals surface area contributed by atoms with Gasteiger partial charge in [0.2, 0.25) is 5.91 Å². The predicted molar refractivity (Wildman–Crippen MR) is 110 cm³/mol. The Balaban J connectivity index is 1.41. The van der Waals surface area contributed by atoms with E-state index < -0.39 is 5.82 Å². The molecule has 5 nitrogen and oxygen atoms in total. The quantitative estimate of drug-likeness (QED) is 0.453. The van der Waals surface area contributed by atoms with Gasteiger partial charge in [0.05, 0.1) is 18.7 Å². The first-order chi connectivity index (χ1) is 14.0. The Morgan fingerprint density at radius 3 is 2.90 bits per heavy atom. The number of benzene rings is 1. The summed E-state index contributed by atoms with van der Waals surface area (Å²) >= 11 is 1.75. The Hall–Kier alpha value is -2.25. The smallest absolute Gasteiger partial charge is 0.222 e. The average molecular weight is 420 g/mol. The minimum atomic E-state index is -0.598. The van der Waals surface area contributed by atoms with Gasteiger partial charge in [0, 0.05) is 23.9 Å². The molecule has 1 saturated heterocycles. The van der Waals surface area contributed by atoms with Crippen LogP contribution < -0.4 is 4.74 Å². The molecule has 1 aromatic carbocycles. The van der Waals surface area contributed by atoms with Crippen LogP contribution in [0.3, 0.4) is 0 Å². The first kappa shape index (κ1) is 21.5. The van der Waals surface area contributed by atoms with Crippen molar-refractivity contribution in [2.45, 2.75) is 38.7 Å². The third-order valence-corrected chi connectivity index (χ3v) is 5.83. The maximum absolute atomic E-state index is 13.9. The maximum atomic E-state index is 13.9. The highest BCUT2D eigenvalue weighted by molar-refractivity contribution is 7.09. The molecule has 7 heteroatoms. The zero-order valence-corrected chi connectivity index (χ0v) is 17.4. The Labute approximate surface area is 174 Å². The van der Waals surface area contributed by atoms with Gasteiger partial charge in [0.1, 0.15) is 24.3 Å². The largest absolute Gasteiger partial charge is 0.491 e. The van der Waals surface area contributed by atoms with Crippen LogP contribution >= 0.6 is 11.3 Å². The lowest BCUT2D eigenvalue weighted by Crippen LogP contribution is -2.47. The number of hydrogen-bond acceptors (Lipinski definition) is 5. The summed E-state index contributed by atoms with van der Waals surface area (Å²) in [6, 6.07) is 8.36. The van der Waals surface area contributed by atoms with Crippen molar-refractivity contribution >= 4 is 23.0 Å². The molecule has 2 aromatic rings. The molecule has 1 aliphatic heterocycles. The first-order valence-electron chi connectivity index (χ1n) is 9.88. The minimum absolute atomic E-state index is 0.0436. The van der Waals surface area contributed by atoms with E-state index in [2.05, 4.69) is 11.4 Å². The van der Waals surface area contributed by atoms with Crippen LogP contribution in [-0.2, 0) is 16.0 Å². The van der Waals surface area contributed by atoms with Crippen LogP contribution in [0.4, 0.5) is 4.39 Å². The lowest BCUT2D eigenvalue weighted by atomic mass is 10.1. The Kier molecular flexibility index (Phi) is 7.77. The van der Waals surface area contributed by atoms with E-state index in [1.54, 1.807) is 17.4 Å². The molecule has 1 aromatic heterocycles. The summed E-state index contributed by atoms with van der Waals surface area (Å²) in [5.74, 6) is -0.442. The van der Waals surface area contributed by atoms with Crippen molar-refractivity contribution in [1.29, 1.82) is 0 Å². The topological polar surface area (TPSA) is 55.8 Å². The van der Waals surface area contributed by atoms with E-state index >= 15 is 0 Å². The number of nitrogens with zero attached hydrogens (tertiary/aromatic N) is 1. The van der Waals surface area contributed by atoms with E-state index in [9.17, 15) is 14.0 Å². The third kappa shape index (κ3) is 6.37. The highest BCUT2D eigenvalue weighted by atomic mass is 32.1. The number of ether oxygens (including phenoxy) is 2. The van der Waals surface area contributed by atoms with Gasteiger partial charge in [-0.15, -0.1) is 11.3 Å². The number of unbranched alkanes of at least 4 members (excludes halogenated alkanes) is 1. The number of aryl methyl sites for hydroxylation is 1. The fraction of sp³-hybridized carbons (Fsp3) is 0.455. The summed E-state index contributed by atoms with van der Waals surface area (Å²) in [6.45, 7) is 3.07. The first-order valence-corrected chi connectivity index (χ1v) is 10.8. The third-order valence-electron chi connectivity index (χ3n) is 4.89. The molecule has 1 aliphatic rings. The summed E-state index contributed by atoms with van der Waals surface area (Å²) in [5, 5.41) is 2.07. The van der Waals surface area contributed by atoms with Crippen molar-refractivity contribution in [1.82, 2.24) is 4.90 Å². The van der Waals surface area contributed by atoms with Gasteiger partial charge in [-0.05, 0) is 49.8 Å². The Morgan fingerprint density at radius 1 is 1.31 bits per heavy atom. The SMILES string of the molecule is CC(=O)c1ccc(OCC2CN(C(=O)CCCCc3cccs3)CCO2)cc1F. The van der Waals surface area contributed by atoms with Gasteiger partial charge in [0.15, 0.2) is 5.78 Å². The van der Waals surface area contributed by atoms with Crippen molar-refractivity contribution in [3.05, 3.63) is 52.0 Å². The number of morpholine rings is 1. The Bertz CT molecular complexity index is 824. The van der Waals surface area contributed by atoms with E-state index in [4.69, 9.17) is 9.47 Å². The number of thiophene rings is 1. The molecular weight excluding hydrogens is 393 g/mol. The van der Waals surface area contributed by atoms with Gasteiger partial charge in [0.25, 0.3) is 0 Å². The summed E-state index contributed by atoms with van der Waals surface area (Å²) in [5.41, 5.74) is 0.0436. The lowest BCUT2D eigenvalue weighted by Gasteiger charge is -2.33. The zero-order valence-electron chi connectivity index (χ0n) is 16.6. The standard InChI is InChI=1S/C22H26FNO4S/c1-16(25)20-9-8-17(13-21(20)23)28-15-18-14-24(10-11-27-18)22(26)7-3-2-5-19-6-4-12-29-19/h4,6,8-9,12-13,18H,2-3,5,7,10-11,14-15H2,1H3. The minimum Gasteiger partial charge on any atom is -0.491 e. The summed E-state index contributed by atoms with van der Waals surface area (Å²) < 4.78 is 25.2. The molecule has 0 radical (unpaired) electrons. The monoisotopic (exact) mass is 419 g/mol. The van der Waals surface area contributed by atoms with E-state index in [1.165, 1.54) is 23.9 Å². The van der Waals surface area contributed by atoms with Crippen molar-refractivity contribution in [3.8, 4) is 5.75 Å². The molecule has 3 rings (SSSR count). The second kappa shape index (κ2) is 10.5. The molecule has 0 saturated carbocycles. The van der Waals surface area contributed by atoms with Crippen LogP contribution in [0.25, 0.3) is 0 Å². The van der Waals surface area contributed by atoms with Gasteiger partial charge in [-0.3, -0.25) is 9.59 Å². The second-order valence-electron chi connectivity index (χ2n) is 7.13. The highest BCUT2D eigenvalue weighted by Gasteiger charge is 2.24. The average Bonchev–Trinajstić information content (AvgIpc) is 3.23. The fourth-order valence-corrected chi connectivity index (χ4v) is 4.05. The molecule has 1 unspecified atom stereocenters. The van der Waals surface area contributed by atoms with Crippen molar-refractivity contribution < 1.29 is 23.5 Å². The number of amides is 1. The molecule has 1 atom stereocenters. The van der Waals surface area contributed by atoms with Gasteiger partial charge in [-0.2, -0.15) is 0 Å². The van der Waals surface area contributed by atoms with E-state index in [0.717, 1.165) is 19.3 Å². The van der Waals surface area contributed by atoms with Gasteiger partial charge < -0.3 is 14.4 Å². The van der Waals surface area contributed by atoms with Crippen LogP contribution in [0.15, 0.2) is 35.7 Å². The number of Topliss-reactive ketones (excluding diaryl/α,β-unsaturated/α-hetero) is 1. The van der Waals surface area contributed by atoms with Crippen molar-refractivity contribution in [3.63, 3.8) is 0 Å². The van der Waals surface area contributed by atoms with Gasteiger partial charge in [-0.1, -0.05) is 6.07 Å². The predicted octanol–water partition coefficient (Wildman–Crippen LogP) is 4.11. The van der Waals surface area contributed by atoms with Crippen LogP contribution in [0.2, 0.25) is 0 Å². The number of hydrogen-bond donors (Lipinski definition) is 0. The van der Waals surface area contributed by atoms with Crippen LogP contribution in [-0.4, -0.2) is 49.0 Å². The molecule has 156 valence electrons. The van der Waals surface area contributed by atoms with Crippen LogP contribution in [0, 0.1) is 5.82 Å². The van der Waals surface area contributed by atoms with Crippen LogP contribution in [0.5, 0.6) is 5.75 Å². The lowest BCUT2D eigenvalue weighted by molar-refractivity contribution is -0.140. The molecular formula is C22H26FNO4S. The van der Waals surface area contributed by atoms with Gasteiger partial charge >= 0.3 is 0 Å². The van der Waals surface area contributed by atoms with E-state index in [0.29, 0.717) is 31.9 Å². The molecule has 0 spiro atoms. The molecule has 1 fully saturated rings. The molecule has 2 heterocycles. The summed E-state index contributed by atoms with van der Waals surface area (Å²) in [6.07, 6.45) is 3.18. The second-order valence-corrected chi connectivity index (χ2v) is 8.16. The highest BCUT2D eigenvalue weighted by Crippen LogP contribution is 2.19.